The van der Waals surface area contributed by atoms with Gasteiger partial charge in [0.1, 0.15) is 0 Å². The van der Waals surface area contributed by atoms with E-state index in [4.69, 9.17) is 0 Å². The van der Waals surface area contributed by atoms with Crippen LogP contribution in [0.25, 0.3) is 0 Å². The van der Waals surface area contributed by atoms with Gasteiger partial charge in [-0.15, -0.1) is 0 Å². The third-order valence-electron chi connectivity index (χ3n) is 4.85. The summed E-state index contributed by atoms with van der Waals surface area (Å²) in [6.07, 6.45) is 6.56. The number of aliphatic hydroxyl groups excluding tert-OH is 1. The average molecular weight is 254 g/mol. The van der Waals surface area contributed by atoms with Gasteiger partial charge in [0, 0.05) is 17.6 Å². The molecule has 3 unspecified atom stereocenters. The predicted molar refractivity (Wildman–Crippen MR) is 75.7 cm³/mol. The van der Waals surface area contributed by atoms with E-state index < -0.39 is 0 Å². The van der Waals surface area contributed by atoms with Crippen molar-refractivity contribution in [3.05, 3.63) is 0 Å². The standard InChI is InChI=1S/C15H30N2O/c1-12(2)17-7-5-4-6-14(17)8-13-9-15(3,11-18)16-10-13/h12-14,16,18H,4-11H2,1-3H3. The van der Waals surface area contributed by atoms with Crippen molar-refractivity contribution in [2.75, 3.05) is 19.7 Å². The Morgan fingerprint density at radius 2 is 2.17 bits per heavy atom. The van der Waals surface area contributed by atoms with Crippen LogP contribution >= 0.6 is 0 Å². The molecule has 0 saturated carbocycles. The molecule has 2 saturated heterocycles. The largest absolute Gasteiger partial charge is 0.394 e. The summed E-state index contributed by atoms with van der Waals surface area (Å²) in [6, 6.07) is 1.44. The van der Waals surface area contributed by atoms with E-state index in [-0.39, 0.29) is 12.1 Å². The summed E-state index contributed by atoms with van der Waals surface area (Å²) in [7, 11) is 0. The summed E-state index contributed by atoms with van der Waals surface area (Å²) >= 11 is 0. The summed E-state index contributed by atoms with van der Waals surface area (Å²) in [4.78, 5) is 2.69. The van der Waals surface area contributed by atoms with E-state index in [1.165, 1.54) is 32.2 Å². The van der Waals surface area contributed by atoms with Crippen molar-refractivity contribution in [1.82, 2.24) is 10.2 Å². The topological polar surface area (TPSA) is 35.5 Å². The first-order chi connectivity index (χ1) is 8.54. The SMILES string of the molecule is CC(C)N1CCCCC1CC1CNC(C)(CO)C1. The lowest BCUT2D eigenvalue weighted by molar-refractivity contribution is 0.0929. The predicted octanol–water partition coefficient (Wildman–Crippen LogP) is 2.00. The van der Waals surface area contributed by atoms with Crippen molar-refractivity contribution in [2.45, 2.75) is 70.5 Å². The number of rotatable bonds is 4. The smallest absolute Gasteiger partial charge is 0.0610 e. The van der Waals surface area contributed by atoms with E-state index in [9.17, 15) is 5.11 Å². The van der Waals surface area contributed by atoms with Crippen LogP contribution in [-0.4, -0.2) is 47.3 Å². The first-order valence-corrected chi connectivity index (χ1v) is 7.66. The van der Waals surface area contributed by atoms with E-state index in [1.54, 1.807) is 0 Å². The lowest BCUT2D eigenvalue weighted by Gasteiger charge is -2.40. The number of likely N-dealkylation sites (tertiary alicyclic amines) is 1. The minimum Gasteiger partial charge on any atom is -0.394 e. The third-order valence-corrected chi connectivity index (χ3v) is 4.85. The molecule has 2 aliphatic rings. The fourth-order valence-corrected chi connectivity index (χ4v) is 3.80. The van der Waals surface area contributed by atoms with Crippen molar-refractivity contribution in [3.63, 3.8) is 0 Å². The molecular formula is C15H30N2O. The first kappa shape index (κ1) is 14.3. The summed E-state index contributed by atoms with van der Waals surface area (Å²) in [5, 5.41) is 12.9. The van der Waals surface area contributed by atoms with Crippen LogP contribution in [0.4, 0.5) is 0 Å². The van der Waals surface area contributed by atoms with Crippen LogP contribution in [-0.2, 0) is 0 Å². The second-order valence-electron chi connectivity index (χ2n) is 6.89. The van der Waals surface area contributed by atoms with Gasteiger partial charge in [0.25, 0.3) is 0 Å². The maximum atomic E-state index is 9.42. The molecule has 0 spiro atoms. The van der Waals surface area contributed by atoms with E-state index in [2.05, 4.69) is 31.0 Å². The van der Waals surface area contributed by atoms with Gasteiger partial charge in [-0.1, -0.05) is 6.42 Å². The van der Waals surface area contributed by atoms with Gasteiger partial charge in [0.05, 0.1) is 6.61 Å². The van der Waals surface area contributed by atoms with Gasteiger partial charge in [-0.25, -0.2) is 0 Å². The zero-order valence-corrected chi connectivity index (χ0v) is 12.3. The second-order valence-corrected chi connectivity index (χ2v) is 6.89. The van der Waals surface area contributed by atoms with E-state index >= 15 is 0 Å². The Labute approximate surface area is 112 Å². The molecule has 0 amide bonds. The highest BCUT2D eigenvalue weighted by molar-refractivity contribution is 4.94. The molecule has 2 heterocycles. The van der Waals surface area contributed by atoms with E-state index in [1.807, 2.05) is 0 Å². The molecule has 0 bridgehead atoms. The fourth-order valence-electron chi connectivity index (χ4n) is 3.80. The summed E-state index contributed by atoms with van der Waals surface area (Å²) in [5.41, 5.74) is -0.0258. The van der Waals surface area contributed by atoms with Gasteiger partial charge < -0.3 is 10.4 Å². The minimum absolute atomic E-state index is 0.0258. The highest BCUT2D eigenvalue weighted by Crippen LogP contribution is 2.31. The molecule has 3 atom stereocenters. The number of nitrogens with zero attached hydrogens (tertiary/aromatic N) is 1. The van der Waals surface area contributed by atoms with Gasteiger partial charge in [0.15, 0.2) is 0 Å². The molecule has 2 N–H and O–H groups in total. The molecule has 18 heavy (non-hydrogen) atoms. The van der Waals surface area contributed by atoms with Crippen molar-refractivity contribution in [3.8, 4) is 0 Å². The van der Waals surface area contributed by atoms with Crippen molar-refractivity contribution >= 4 is 0 Å². The Kier molecular flexibility index (Phi) is 4.68. The molecule has 3 nitrogen and oxygen atoms in total. The van der Waals surface area contributed by atoms with Crippen LogP contribution in [0.1, 0.15) is 52.9 Å². The monoisotopic (exact) mass is 254 g/mol. The van der Waals surface area contributed by atoms with Crippen LogP contribution in [0, 0.1) is 5.92 Å². The normalized spacial score (nSPS) is 38.5. The maximum absolute atomic E-state index is 9.42. The molecule has 2 fully saturated rings. The Morgan fingerprint density at radius 1 is 1.39 bits per heavy atom. The van der Waals surface area contributed by atoms with Crippen LogP contribution in [0.15, 0.2) is 0 Å². The summed E-state index contributed by atoms with van der Waals surface area (Å²) in [5.74, 6) is 0.742. The number of aliphatic hydroxyl groups is 1. The molecule has 0 aromatic carbocycles. The van der Waals surface area contributed by atoms with E-state index in [0.717, 1.165) is 24.9 Å². The Bertz CT molecular complexity index is 269. The highest BCUT2D eigenvalue weighted by Gasteiger charge is 2.36. The lowest BCUT2D eigenvalue weighted by Crippen LogP contribution is -2.44. The van der Waals surface area contributed by atoms with Crippen LogP contribution in [0.2, 0.25) is 0 Å². The molecule has 3 heteroatoms. The Balaban J connectivity index is 1.88. The van der Waals surface area contributed by atoms with Crippen LogP contribution in [0.5, 0.6) is 0 Å². The zero-order valence-electron chi connectivity index (χ0n) is 12.3. The van der Waals surface area contributed by atoms with Gasteiger partial charge in [-0.3, -0.25) is 4.90 Å². The third kappa shape index (κ3) is 3.25. The second kappa shape index (κ2) is 5.89. The quantitative estimate of drug-likeness (QED) is 0.805. The molecule has 0 aliphatic carbocycles. The minimum atomic E-state index is -0.0258. The van der Waals surface area contributed by atoms with Gasteiger partial charge in [-0.2, -0.15) is 0 Å². The van der Waals surface area contributed by atoms with Gasteiger partial charge in [-0.05, 0) is 65.5 Å². The number of hydrogen-bond acceptors (Lipinski definition) is 3. The molecule has 106 valence electrons. The van der Waals surface area contributed by atoms with Crippen molar-refractivity contribution in [1.29, 1.82) is 0 Å². The highest BCUT2D eigenvalue weighted by atomic mass is 16.3. The van der Waals surface area contributed by atoms with E-state index in [0.29, 0.717) is 6.04 Å². The maximum Gasteiger partial charge on any atom is 0.0610 e. The first-order valence-electron chi connectivity index (χ1n) is 7.66. The van der Waals surface area contributed by atoms with Gasteiger partial charge in [0.2, 0.25) is 0 Å². The summed E-state index contributed by atoms with van der Waals surface area (Å²) in [6.45, 7) is 9.42. The van der Waals surface area contributed by atoms with Gasteiger partial charge >= 0.3 is 0 Å². The van der Waals surface area contributed by atoms with Crippen LogP contribution in [0.3, 0.4) is 0 Å². The summed E-state index contributed by atoms with van der Waals surface area (Å²) < 4.78 is 0. The lowest BCUT2D eigenvalue weighted by atomic mass is 9.87. The molecule has 0 aromatic heterocycles. The zero-order chi connectivity index (χ0) is 13.2. The number of nitrogens with one attached hydrogen (secondary N) is 1. The Morgan fingerprint density at radius 3 is 2.78 bits per heavy atom. The molecule has 2 rings (SSSR count). The molecular weight excluding hydrogens is 224 g/mol. The van der Waals surface area contributed by atoms with Crippen molar-refractivity contribution in [2.24, 2.45) is 5.92 Å². The number of hydrogen-bond donors (Lipinski definition) is 2. The molecule has 0 radical (unpaired) electrons. The average Bonchev–Trinajstić information content (AvgIpc) is 2.72. The van der Waals surface area contributed by atoms with Crippen LogP contribution < -0.4 is 5.32 Å². The molecule has 2 aliphatic heterocycles. The Hall–Kier alpha value is -0.120. The number of piperidine rings is 1. The fraction of sp³-hybridized carbons (Fsp3) is 1.00. The molecule has 0 aromatic rings. The van der Waals surface area contributed by atoms with Crippen molar-refractivity contribution < 1.29 is 5.11 Å².